The molecule has 0 aromatic heterocycles. The highest BCUT2D eigenvalue weighted by Gasteiger charge is 2.13. The first-order valence-electron chi connectivity index (χ1n) is 7.54. The van der Waals surface area contributed by atoms with E-state index >= 15 is 0 Å². The maximum Gasteiger partial charge on any atom is 0.147 e. The molecule has 3 nitrogen and oxygen atoms in total. The molecule has 120 valence electrons. The molecule has 0 amide bonds. The molecule has 5 heteroatoms. The van der Waals surface area contributed by atoms with Crippen molar-refractivity contribution in [2.45, 2.75) is 32.6 Å². The van der Waals surface area contributed by atoms with Gasteiger partial charge in [-0.3, -0.25) is 0 Å². The van der Waals surface area contributed by atoms with Gasteiger partial charge >= 0.3 is 0 Å². The summed E-state index contributed by atoms with van der Waals surface area (Å²) < 4.78 is 36.2. The van der Waals surface area contributed by atoms with Crippen LogP contribution in [0.25, 0.3) is 0 Å². The van der Waals surface area contributed by atoms with Gasteiger partial charge < -0.3 is 5.32 Å². The third kappa shape index (κ3) is 8.17. The van der Waals surface area contributed by atoms with Gasteiger partial charge in [0.15, 0.2) is 0 Å². The van der Waals surface area contributed by atoms with Gasteiger partial charge in [-0.25, -0.2) is 12.8 Å². The molecule has 21 heavy (non-hydrogen) atoms. The fourth-order valence-electron chi connectivity index (χ4n) is 2.37. The van der Waals surface area contributed by atoms with E-state index in [2.05, 4.69) is 12.2 Å². The minimum atomic E-state index is -2.92. The van der Waals surface area contributed by atoms with E-state index < -0.39 is 9.84 Å². The van der Waals surface area contributed by atoms with E-state index in [0.717, 1.165) is 25.9 Å². The quantitative estimate of drug-likeness (QED) is 0.675. The summed E-state index contributed by atoms with van der Waals surface area (Å²) in [4.78, 5) is 0. The second-order valence-corrected chi connectivity index (χ2v) is 7.90. The lowest BCUT2D eigenvalue weighted by molar-refractivity contribution is 0.431. The zero-order valence-electron chi connectivity index (χ0n) is 12.9. The van der Waals surface area contributed by atoms with E-state index in [1.165, 1.54) is 12.3 Å². The molecule has 0 bridgehead atoms. The Kier molecular flexibility index (Phi) is 7.89. The third-order valence-corrected chi connectivity index (χ3v) is 4.48. The second kappa shape index (κ2) is 9.15. The van der Waals surface area contributed by atoms with E-state index in [1.54, 1.807) is 12.1 Å². The van der Waals surface area contributed by atoms with Crippen molar-refractivity contribution in [2.24, 2.45) is 5.92 Å². The number of nitrogens with one attached hydrogen (secondary N) is 1. The minimum Gasteiger partial charge on any atom is -0.316 e. The SMILES string of the molecule is CCCNCC(CCCS(C)(=O)=O)Cc1ccccc1F. The number of hydrogen-bond donors (Lipinski definition) is 1. The average molecular weight is 315 g/mol. The first-order chi connectivity index (χ1) is 9.92. The monoisotopic (exact) mass is 315 g/mol. The number of sulfone groups is 1. The van der Waals surface area contributed by atoms with Gasteiger partial charge in [0, 0.05) is 12.0 Å². The topological polar surface area (TPSA) is 46.2 Å². The Morgan fingerprint density at radius 1 is 1.29 bits per heavy atom. The van der Waals surface area contributed by atoms with E-state index in [0.29, 0.717) is 18.4 Å². The van der Waals surface area contributed by atoms with Crippen molar-refractivity contribution in [1.82, 2.24) is 5.32 Å². The van der Waals surface area contributed by atoms with Crippen molar-refractivity contribution in [2.75, 3.05) is 25.1 Å². The summed E-state index contributed by atoms with van der Waals surface area (Å²) in [6, 6.07) is 6.80. The van der Waals surface area contributed by atoms with Crippen LogP contribution in [0, 0.1) is 11.7 Å². The van der Waals surface area contributed by atoms with E-state index in [-0.39, 0.29) is 17.5 Å². The van der Waals surface area contributed by atoms with Crippen molar-refractivity contribution >= 4 is 9.84 Å². The Bertz CT molecular complexity index is 517. The highest BCUT2D eigenvalue weighted by molar-refractivity contribution is 7.90. The van der Waals surface area contributed by atoms with Gasteiger partial charge in [0.05, 0.1) is 0 Å². The highest BCUT2D eigenvalue weighted by atomic mass is 32.2. The molecule has 1 aromatic rings. The molecule has 1 aromatic carbocycles. The summed E-state index contributed by atoms with van der Waals surface area (Å²) in [5, 5.41) is 3.35. The van der Waals surface area contributed by atoms with Crippen LogP contribution in [0.4, 0.5) is 4.39 Å². The van der Waals surface area contributed by atoms with E-state index in [9.17, 15) is 12.8 Å². The van der Waals surface area contributed by atoms with Crippen LogP contribution in [0.5, 0.6) is 0 Å². The van der Waals surface area contributed by atoms with E-state index in [4.69, 9.17) is 0 Å². The molecule has 0 aliphatic carbocycles. The van der Waals surface area contributed by atoms with Crippen LogP contribution in [-0.4, -0.2) is 33.5 Å². The van der Waals surface area contributed by atoms with Gasteiger partial charge in [-0.2, -0.15) is 0 Å². The van der Waals surface area contributed by atoms with Crippen molar-refractivity contribution in [3.05, 3.63) is 35.6 Å². The van der Waals surface area contributed by atoms with Crippen LogP contribution in [0.1, 0.15) is 31.7 Å². The standard InChI is InChI=1S/C16H26FNO2S/c1-3-10-18-13-14(7-6-11-21(2,19)20)12-15-8-4-5-9-16(15)17/h4-5,8-9,14,18H,3,6-7,10-13H2,1-2H3. The predicted octanol–water partition coefficient (Wildman–Crippen LogP) is 2.81. The van der Waals surface area contributed by atoms with Gasteiger partial charge in [0.25, 0.3) is 0 Å². The molecule has 0 spiro atoms. The fraction of sp³-hybridized carbons (Fsp3) is 0.625. The third-order valence-electron chi connectivity index (χ3n) is 3.45. The Balaban J connectivity index is 2.57. The van der Waals surface area contributed by atoms with Crippen LogP contribution < -0.4 is 5.32 Å². The molecular formula is C16H26FNO2S. The molecule has 0 saturated heterocycles. The number of halogens is 1. The first-order valence-corrected chi connectivity index (χ1v) is 9.60. The lowest BCUT2D eigenvalue weighted by atomic mass is 9.94. The predicted molar refractivity (Wildman–Crippen MR) is 85.7 cm³/mol. The smallest absolute Gasteiger partial charge is 0.147 e. The van der Waals surface area contributed by atoms with Crippen LogP contribution in [0.3, 0.4) is 0 Å². The Morgan fingerprint density at radius 2 is 2.00 bits per heavy atom. The summed E-state index contributed by atoms with van der Waals surface area (Å²) in [5.41, 5.74) is 0.708. The van der Waals surface area contributed by atoms with Crippen LogP contribution in [0.15, 0.2) is 24.3 Å². The molecule has 0 saturated carbocycles. The number of rotatable bonds is 10. The lowest BCUT2D eigenvalue weighted by Crippen LogP contribution is -2.25. The zero-order chi connectivity index (χ0) is 15.7. The Hall–Kier alpha value is -0.940. The van der Waals surface area contributed by atoms with Gasteiger partial charge in [-0.1, -0.05) is 25.1 Å². The van der Waals surface area contributed by atoms with E-state index in [1.807, 2.05) is 6.07 Å². The molecular weight excluding hydrogens is 289 g/mol. The Morgan fingerprint density at radius 3 is 2.62 bits per heavy atom. The molecule has 0 fully saturated rings. The second-order valence-electron chi connectivity index (χ2n) is 5.64. The maximum atomic E-state index is 13.7. The molecule has 1 rings (SSSR count). The first kappa shape index (κ1) is 18.1. The number of benzene rings is 1. The van der Waals surface area contributed by atoms with Crippen LogP contribution in [0.2, 0.25) is 0 Å². The summed E-state index contributed by atoms with van der Waals surface area (Å²) in [6.07, 6.45) is 4.38. The van der Waals surface area contributed by atoms with Crippen LogP contribution >= 0.6 is 0 Å². The van der Waals surface area contributed by atoms with Gasteiger partial charge in [-0.15, -0.1) is 0 Å². The number of hydrogen-bond acceptors (Lipinski definition) is 3. The zero-order valence-corrected chi connectivity index (χ0v) is 13.8. The lowest BCUT2D eigenvalue weighted by Gasteiger charge is -2.18. The van der Waals surface area contributed by atoms with Crippen molar-refractivity contribution in [3.63, 3.8) is 0 Å². The van der Waals surface area contributed by atoms with Crippen molar-refractivity contribution in [1.29, 1.82) is 0 Å². The highest BCUT2D eigenvalue weighted by Crippen LogP contribution is 2.17. The average Bonchev–Trinajstić information content (AvgIpc) is 2.40. The maximum absolute atomic E-state index is 13.7. The van der Waals surface area contributed by atoms with Crippen molar-refractivity contribution < 1.29 is 12.8 Å². The minimum absolute atomic E-state index is 0.180. The Labute approximate surface area is 127 Å². The molecule has 0 aliphatic heterocycles. The molecule has 1 atom stereocenters. The molecule has 1 unspecified atom stereocenters. The molecule has 1 N–H and O–H groups in total. The summed E-state index contributed by atoms with van der Waals surface area (Å²) >= 11 is 0. The van der Waals surface area contributed by atoms with Gasteiger partial charge in [0.1, 0.15) is 15.7 Å². The summed E-state index contributed by atoms with van der Waals surface area (Å²) in [6.45, 7) is 3.83. The fourth-order valence-corrected chi connectivity index (χ4v) is 3.06. The summed E-state index contributed by atoms with van der Waals surface area (Å²) in [7, 11) is -2.92. The van der Waals surface area contributed by atoms with Gasteiger partial charge in [0.2, 0.25) is 0 Å². The molecule has 0 aliphatic rings. The molecule has 0 heterocycles. The van der Waals surface area contributed by atoms with Gasteiger partial charge in [-0.05, 0) is 56.3 Å². The summed E-state index contributed by atoms with van der Waals surface area (Å²) in [5.74, 6) is 0.283. The van der Waals surface area contributed by atoms with Crippen LogP contribution in [-0.2, 0) is 16.3 Å². The largest absolute Gasteiger partial charge is 0.316 e. The molecule has 0 radical (unpaired) electrons. The van der Waals surface area contributed by atoms with Crippen molar-refractivity contribution in [3.8, 4) is 0 Å². The normalized spacial score (nSPS) is 13.3.